The lowest BCUT2D eigenvalue weighted by Gasteiger charge is -2.34. The van der Waals surface area contributed by atoms with Crippen LogP contribution in [0.25, 0.3) is 0 Å². The van der Waals surface area contributed by atoms with Crippen LogP contribution in [0, 0.1) is 12.8 Å². The van der Waals surface area contributed by atoms with Crippen LogP contribution in [0.5, 0.6) is 0 Å². The Morgan fingerprint density at radius 1 is 1.23 bits per heavy atom. The highest BCUT2D eigenvalue weighted by Crippen LogP contribution is 2.33. The summed E-state index contributed by atoms with van der Waals surface area (Å²) in [6.45, 7) is 4.81. The Labute approximate surface area is 154 Å². The molecule has 0 saturated carbocycles. The summed E-state index contributed by atoms with van der Waals surface area (Å²) in [7, 11) is 0. The molecule has 3 fully saturated rings. The average Bonchev–Trinajstić information content (AvgIpc) is 3.38. The molecule has 3 aliphatic heterocycles. The van der Waals surface area contributed by atoms with Crippen molar-refractivity contribution in [3.63, 3.8) is 0 Å². The van der Waals surface area contributed by atoms with Gasteiger partial charge in [0, 0.05) is 44.0 Å². The van der Waals surface area contributed by atoms with Crippen LogP contribution in [0.2, 0.25) is 0 Å². The first-order valence-corrected chi connectivity index (χ1v) is 9.58. The molecule has 2 N–H and O–H groups in total. The van der Waals surface area contributed by atoms with Crippen molar-refractivity contribution in [1.29, 1.82) is 0 Å². The van der Waals surface area contributed by atoms with Gasteiger partial charge in [-0.1, -0.05) is 6.07 Å². The Morgan fingerprint density at radius 3 is 2.69 bits per heavy atom. The lowest BCUT2D eigenvalue weighted by molar-refractivity contribution is -0.133. The molecule has 6 heteroatoms. The zero-order chi connectivity index (χ0) is 18.3. The van der Waals surface area contributed by atoms with Gasteiger partial charge in [-0.25, -0.2) is 0 Å². The van der Waals surface area contributed by atoms with Crippen molar-refractivity contribution in [1.82, 2.24) is 9.80 Å². The molecule has 1 aromatic rings. The maximum absolute atomic E-state index is 12.9. The number of rotatable bonds is 4. The molecule has 1 unspecified atom stereocenters. The number of likely N-dealkylation sites (tertiary alicyclic amines) is 2. The topological polar surface area (TPSA) is 75.9 Å². The number of hydrogen-bond donors (Lipinski definition) is 1. The molecule has 2 amide bonds. The van der Waals surface area contributed by atoms with Crippen LogP contribution >= 0.6 is 0 Å². The average molecular weight is 357 g/mol. The molecule has 0 aliphatic carbocycles. The smallest absolute Gasteiger partial charge is 0.254 e. The Bertz CT molecular complexity index is 714. The van der Waals surface area contributed by atoms with E-state index in [0.717, 1.165) is 38.0 Å². The summed E-state index contributed by atoms with van der Waals surface area (Å²) in [5, 5.41) is 0. The first-order valence-electron chi connectivity index (χ1n) is 9.58. The number of fused-ring (bicyclic) bond motifs is 2. The maximum Gasteiger partial charge on any atom is 0.254 e. The number of nitrogens with two attached hydrogens (primary N) is 1. The number of nitrogen functional groups attached to an aromatic ring is 1. The van der Waals surface area contributed by atoms with E-state index in [1.54, 1.807) is 0 Å². The predicted octanol–water partition coefficient (Wildman–Crippen LogP) is 1.82. The minimum atomic E-state index is 0.0394. The summed E-state index contributed by atoms with van der Waals surface area (Å²) < 4.78 is 5.39. The highest BCUT2D eigenvalue weighted by molar-refractivity contribution is 5.97. The number of carbonyl (C=O) groups is 2. The van der Waals surface area contributed by atoms with Crippen LogP contribution in [-0.4, -0.2) is 60.0 Å². The minimum absolute atomic E-state index is 0.0394. The van der Waals surface area contributed by atoms with Crippen molar-refractivity contribution in [3.05, 3.63) is 29.3 Å². The second kappa shape index (κ2) is 6.91. The van der Waals surface area contributed by atoms with E-state index in [-0.39, 0.29) is 23.9 Å². The second-order valence-corrected chi connectivity index (χ2v) is 7.84. The predicted molar refractivity (Wildman–Crippen MR) is 98.7 cm³/mol. The third-order valence-electron chi connectivity index (χ3n) is 6.22. The molecule has 140 valence electrons. The summed E-state index contributed by atoms with van der Waals surface area (Å²) in [5.41, 5.74) is 8.11. The molecule has 3 aliphatic rings. The Balaban J connectivity index is 1.36. The summed E-state index contributed by atoms with van der Waals surface area (Å²) in [6, 6.07) is 5.78. The number of benzene rings is 1. The van der Waals surface area contributed by atoms with Crippen LogP contribution in [0.4, 0.5) is 5.69 Å². The maximum atomic E-state index is 12.9. The van der Waals surface area contributed by atoms with E-state index >= 15 is 0 Å². The molecule has 2 bridgehead atoms. The van der Waals surface area contributed by atoms with E-state index in [2.05, 4.69) is 0 Å². The number of hydrogen-bond acceptors (Lipinski definition) is 4. The van der Waals surface area contributed by atoms with Crippen LogP contribution in [-0.2, 0) is 9.53 Å². The Morgan fingerprint density at radius 2 is 2.00 bits per heavy atom. The minimum Gasteiger partial charge on any atom is -0.398 e. The number of anilines is 1. The van der Waals surface area contributed by atoms with E-state index < -0.39 is 0 Å². The Kier molecular flexibility index (Phi) is 4.61. The second-order valence-electron chi connectivity index (χ2n) is 7.84. The highest BCUT2D eigenvalue weighted by atomic mass is 16.5. The van der Waals surface area contributed by atoms with Crippen LogP contribution in [0.15, 0.2) is 18.2 Å². The zero-order valence-corrected chi connectivity index (χ0v) is 15.3. The van der Waals surface area contributed by atoms with Crippen molar-refractivity contribution in [2.75, 3.05) is 32.0 Å². The number of amides is 2. The first kappa shape index (κ1) is 17.3. The fourth-order valence-electron chi connectivity index (χ4n) is 4.54. The van der Waals surface area contributed by atoms with E-state index in [1.165, 1.54) is 0 Å². The van der Waals surface area contributed by atoms with E-state index in [9.17, 15) is 9.59 Å². The third kappa shape index (κ3) is 3.07. The van der Waals surface area contributed by atoms with Gasteiger partial charge in [0.15, 0.2) is 0 Å². The van der Waals surface area contributed by atoms with Crippen molar-refractivity contribution < 1.29 is 14.3 Å². The van der Waals surface area contributed by atoms with E-state index in [1.807, 2.05) is 34.9 Å². The molecule has 3 saturated heterocycles. The van der Waals surface area contributed by atoms with Crippen LogP contribution in [0.3, 0.4) is 0 Å². The fourth-order valence-corrected chi connectivity index (χ4v) is 4.54. The molecule has 0 aromatic heterocycles. The first-order chi connectivity index (χ1) is 12.5. The standard InChI is InChI=1S/C20H27N3O3/c1-13-17(3-2-4-18(13)21)20(25)23-11-15-9-16(23)10-22(15)19(24)6-5-14-7-8-26-12-14/h2-4,14-16H,5-12,21H2,1H3/t14?,15-,16-/m0/s1. The van der Waals surface area contributed by atoms with Gasteiger partial charge in [0.2, 0.25) is 5.91 Å². The summed E-state index contributed by atoms with van der Waals surface area (Å²) in [5.74, 6) is 0.803. The van der Waals surface area contributed by atoms with Gasteiger partial charge in [-0.2, -0.15) is 0 Å². The quantitative estimate of drug-likeness (QED) is 0.834. The van der Waals surface area contributed by atoms with Gasteiger partial charge in [0.25, 0.3) is 5.91 Å². The van der Waals surface area contributed by atoms with Gasteiger partial charge in [0.1, 0.15) is 0 Å². The molecule has 4 rings (SSSR count). The van der Waals surface area contributed by atoms with Crippen molar-refractivity contribution in [2.45, 2.75) is 44.7 Å². The number of piperazine rings is 1. The molecule has 0 spiro atoms. The third-order valence-corrected chi connectivity index (χ3v) is 6.22. The van der Waals surface area contributed by atoms with Gasteiger partial charge in [-0.15, -0.1) is 0 Å². The Hall–Kier alpha value is -2.08. The largest absolute Gasteiger partial charge is 0.398 e. The molecule has 0 radical (unpaired) electrons. The molecule has 3 heterocycles. The normalized spacial score (nSPS) is 27.3. The zero-order valence-electron chi connectivity index (χ0n) is 15.3. The highest BCUT2D eigenvalue weighted by Gasteiger charge is 2.47. The van der Waals surface area contributed by atoms with E-state index in [4.69, 9.17) is 10.5 Å². The summed E-state index contributed by atoms with van der Waals surface area (Å²) >= 11 is 0. The molecule has 3 atom stereocenters. The molecule has 1 aromatic carbocycles. The van der Waals surface area contributed by atoms with Gasteiger partial charge < -0.3 is 20.3 Å². The van der Waals surface area contributed by atoms with Gasteiger partial charge in [-0.05, 0) is 49.8 Å². The van der Waals surface area contributed by atoms with Gasteiger partial charge >= 0.3 is 0 Å². The van der Waals surface area contributed by atoms with Crippen molar-refractivity contribution >= 4 is 17.5 Å². The number of ether oxygens (including phenoxy) is 1. The van der Waals surface area contributed by atoms with Crippen molar-refractivity contribution in [3.8, 4) is 0 Å². The van der Waals surface area contributed by atoms with Gasteiger partial charge in [0.05, 0.1) is 12.1 Å². The molecular weight excluding hydrogens is 330 g/mol. The summed E-state index contributed by atoms with van der Waals surface area (Å²) in [6.07, 6.45) is 3.48. The van der Waals surface area contributed by atoms with Crippen LogP contribution in [0.1, 0.15) is 41.6 Å². The summed E-state index contributed by atoms with van der Waals surface area (Å²) in [4.78, 5) is 29.5. The molecule has 6 nitrogen and oxygen atoms in total. The lowest BCUT2D eigenvalue weighted by Crippen LogP contribution is -2.50. The van der Waals surface area contributed by atoms with Gasteiger partial charge in [-0.3, -0.25) is 9.59 Å². The van der Waals surface area contributed by atoms with Crippen LogP contribution < -0.4 is 5.73 Å². The number of nitrogens with zero attached hydrogens (tertiary/aromatic N) is 2. The van der Waals surface area contributed by atoms with Crippen molar-refractivity contribution in [2.24, 2.45) is 5.92 Å². The monoisotopic (exact) mass is 357 g/mol. The van der Waals surface area contributed by atoms with E-state index in [0.29, 0.717) is 36.7 Å². The SMILES string of the molecule is Cc1c(N)cccc1C(=O)N1C[C@@H]2C[C@H]1CN2C(=O)CCC1CCOC1. The fraction of sp³-hybridized carbons (Fsp3) is 0.600. The molecule has 26 heavy (non-hydrogen) atoms. The number of carbonyl (C=O) groups excluding carboxylic acids is 2. The lowest BCUT2D eigenvalue weighted by atomic mass is 10.0. The molecular formula is C20H27N3O3.